The zero-order valence-corrected chi connectivity index (χ0v) is 25.1. The number of hydrogen-bond donors (Lipinski definition) is 0. The maximum atomic E-state index is 12.3. The van der Waals surface area contributed by atoms with Crippen LogP contribution < -0.4 is 38.0 Å². The first-order valence-corrected chi connectivity index (χ1v) is 13.6. The van der Waals surface area contributed by atoms with Crippen LogP contribution in [0, 0.1) is 0 Å². The van der Waals surface area contributed by atoms with E-state index in [4.69, 9.17) is 9.47 Å². The third-order valence-electron chi connectivity index (χ3n) is 6.50. The maximum Gasteiger partial charge on any atom is 0.220 e. The van der Waals surface area contributed by atoms with Gasteiger partial charge in [-0.05, 0) is 36.6 Å². The minimum Gasteiger partial charge on any atom is -1.00 e. The Labute approximate surface area is 236 Å². The molecule has 0 aliphatic rings. The lowest BCUT2D eigenvalue weighted by Crippen LogP contribution is -3.00. The predicted octanol–water partition coefficient (Wildman–Crippen LogP) is 3.86. The zero-order valence-electron chi connectivity index (χ0n) is 22.9. The normalized spacial score (nSPS) is 10.6. The number of aryl methyl sites for hydroxylation is 1. The van der Waals surface area contributed by atoms with Crippen LogP contribution in [0.4, 0.5) is 0 Å². The highest BCUT2D eigenvalue weighted by Crippen LogP contribution is 2.29. The van der Waals surface area contributed by atoms with Gasteiger partial charge in [0, 0.05) is 32.1 Å². The summed E-state index contributed by atoms with van der Waals surface area (Å²) in [5, 5.41) is 0. The van der Waals surface area contributed by atoms with E-state index in [1.54, 1.807) is 14.0 Å². The van der Waals surface area contributed by atoms with Gasteiger partial charge in [-0.3, -0.25) is 4.79 Å². The first-order chi connectivity index (χ1) is 17.1. The van der Waals surface area contributed by atoms with Gasteiger partial charge in [0.25, 0.3) is 0 Å². The number of benzene rings is 1. The molecule has 0 bridgehead atoms. The third kappa shape index (κ3) is 12.4. The molecule has 0 aliphatic carbocycles. The quantitative estimate of drug-likeness (QED) is 0.146. The summed E-state index contributed by atoms with van der Waals surface area (Å²) in [5.41, 5.74) is 2.15. The second-order valence-corrected chi connectivity index (χ2v) is 9.43. The van der Waals surface area contributed by atoms with Crippen LogP contribution in [0.15, 0.2) is 42.7 Å². The van der Waals surface area contributed by atoms with E-state index in [2.05, 4.69) is 42.9 Å². The second kappa shape index (κ2) is 19.3. The molecule has 0 radical (unpaired) electrons. The van der Waals surface area contributed by atoms with E-state index in [9.17, 15) is 4.79 Å². The van der Waals surface area contributed by atoms with Crippen LogP contribution in [0.25, 0.3) is 0 Å². The van der Waals surface area contributed by atoms with Crippen molar-refractivity contribution < 1.29 is 42.8 Å². The summed E-state index contributed by atoms with van der Waals surface area (Å²) < 4.78 is 13.7. The Morgan fingerprint density at radius 2 is 1.39 bits per heavy atom. The van der Waals surface area contributed by atoms with Crippen LogP contribution in [0.5, 0.6) is 11.5 Å². The van der Waals surface area contributed by atoms with E-state index in [-0.39, 0.29) is 29.9 Å². The highest BCUT2D eigenvalue weighted by Gasteiger charge is 2.13. The molecule has 1 heterocycles. The Morgan fingerprint density at radius 3 is 1.94 bits per heavy atom. The smallest absolute Gasteiger partial charge is 0.220 e. The van der Waals surface area contributed by atoms with Crippen LogP contribution in [0.1, 0.15) is 96.1 Å². The summed E-state index contributed by atoms with van der Waals surface area (Å²) in [6, 6.07) is 10.1. The van der Waals surface area contributed by atoms with E-state index < -0.39 is 0 Å². The molecule has 202 valence electrons. The Morgan fingerprint density at radius 1 is 0.806 bits per heavy atom. The molecule has 0 unspecified atom stereocenters. The highest BCUT2D eigenvalue weighted by atomic mass is 127. The number of hydrogen-bond acceptors (Lipinski definition) is 3. The van der Waals surface area contributed by atoms with Gasteiger partial charge in [-0.2, -0.15) is 0 Å². The summed E-state index contributed by atoms with van der Waals surface area (Å²) in [5.74, 6) is 1.55. The third-order valence-corrected chi connectivity index (χ3v) is 6.50. The number of nitrogens with zero attached hydrogens (tertiary/aromatic N) is 2. The van der Waals surface area contributed by atoms with E-state index in [0.717, 1.165) is 35.6 Å². The van der Waals surface area contributed by atoms with Crippen molar-refractivity contribution in [3.8, 4) is 11.5 Å². The Kier molecular flexibility index (Phi) is 17.3. The Hall–Kier alpha value is -1.83. The highest BCUT2D eigenvalue weighted by molar-refractivity contribution is 5.73. The lowest BCUT2D eigenvalue weighted by Gasteiger charge is -2.22. The number of amides is 1. The molecule has 5 nitrogen and oxygen atoms in total. The molecule has 36 heavy (non-hydrogen) atoms. The molecule has 1 aromatic carbocycles. The number of carbonyl (C=O) groups is 1. The molecular weight excluding hydrogens is 563 g/mol. The fourth-order valence-corrected chi connectivity index (χ4v) is 4.22. The lowest BCUT2D eigenvalue weighted by molar-refractivity contribution is -0.693. The number of carbonyl (C=O) groups excluding carboxylic acids is 1. The average Bonchev–Trinajstić information content (AvgIpc) is 2.87. The number of ether oxygens (including phenoxy) is 2. The second-order valence-electron chi connectivity index (χ2n) is 9.43. The van der Waals surface area contributed by atoms with E-state index in [1.165, 1.54) is 57.8 Å². The van der Waals surface area contributed by atoms with Crippen molar-refractivity contribution in [1.29, 1.82) is 0 Å². The fraction of sp³-hybridized carbons (Fsp3) is 0.600. The summed E-state index contributed by atoms with van der Waals surface area (Å²) in [6.07, 6.45) is 17.2. The number of rotatable bonds is 18. The molecule has 0 aliphatic heterocycles. The minimum atomic E-state index is 0. The van der Waals surface area contributed by atoms with Crippen LogP contribution in [0.2, 0.25) is 0 Å². The van der Waals surface area contributed by atoms with E-state index in [1.807, 2.05) is 23.1 Å². The number of aromatic nitrogens is 1. The number of pyridine rings is 1. The standard InChI is InChI=1S/C30H47N2O3.HI/c1-5-7-8-9-10-11-12-13-14-15-22-35-29-17-16-28(23-30(29)34-4)25-32(26(3)33)24-27-18-20-31(6-2)21-19-27;/h16-21,23H,5-15,22,24-25H2,1-4H3;1H/q+1;/p-1. The van der Waals surface area contributed by atoms with E-state index in [0.29, 0.717) is 19.7 Å². The SMILES string of the molecule is CCCCCCCCCCCCOc1ccc(CN(Cc2cc[n+](CC)cc2)C(C)=O)cc1OC.[I-]. The zero-order chi connectivity index (χ0) is 25.3. The van der Waals surface area contributed by atoms with E-state index >= 15 is 0 Å². The van der Waals surface area contributed by atoms with Crippen molar-refractivity contribution in [1.82, 2.24) is 4.90 Å². The van der Waals surface area contributed by atoms with Gasteiger partial charge in [-0.25, -0.2) is 4.57 Å². The Balaban J connectivity index is 0.00000648. The van der Waals surface area contributed by atoms with Crippen molar-refractivity contribution in [2.75, 3.05) is 13.7 Å². The summed E-state index contributed by atoms with van der Waals surface area (Å²) in [4.78, 5) is 14.1. The molecule has 0 fully saturated rings. The van der Waals surface area contributed by atoms with Crippen LogP contribution >= 0.6 is 0 Å². The number of unbranched alkanes of at least 4 members (excludes halogenated alkanes) is 9. The van der Waals surface area contributed by atoms with Crippen molar-refractivity contribution in [3.05, 3.63) is 53.9 Å². The largest absolute Gasteiger partial charge is 1.00 e. The Bertz CT molecular complexity index is 858. The minimum absolute atomic E-state index is 0. The first-order valence-electron chi connectivity index (χ1n) is 13.6. The summed E-state index contributed by atoms with van der Waals surface area (Å²) in [7, 11) is 1.67. The molecule has 0 saturated heterocycles. The van der Waals surface area contributed by atoms with Gasteiger partial charge in [-0.15, -0.1) is 0 Å². The van der Waals surface area contributed by atoms with Crippen molar-refractivity contribution in [2.45, 2.75) is 105 Å². The van der Waals surface area contributed by atoms with Gasteiger partial charge >= 0.3 is 0 Å². The van der Waals surface area contributed by atoms with Gasteiger partial charge in [-0.1, -0.05) is 70.8 Å². The van der Waals surface area contributed by atoms with Crippen molar-refractivity contribution in [2.24, 2.45) is 0 Å². The average molecular weight is 611 g/mol. The lowest BCUT2D eigenvalue weighted by atomic mass is 10.1. The van der Waals surface area contributed by atoms with Crippen molar-refractivity contribution in [3.63, 3.8) is 0 Å². The summed E-state index contributed by atoms with van der Waals surface area (Å²) >= 11 is 0. The molecular formula is C30H47IN2O3. The molecule has 6 heteroatoms. The molecule has 0 N–H and O–H groups in total. The number of halogens is 1. The van der Waals surface area contributed by atoms with Crippen LogP contribution in [-0.2, 0) is 24.4 Å². The molecule has 2 aromatic rings. The first kappa shape index (κ1) is 32.2. The topological polar surface area (TPSA) is 42.7 Å². The monoisotopic (exact) mass is 610 g/mol. The molecule has 1 amide bonds. The fourth-order valence-electron chi connectivity index (χ4n) is 4.22. The van der Waals surface area contributed by atoms with Gasteiger partial charge < -0.3 is 38.4 Å². The molecule has 0 saturated carbocycles. The summed E-state index contributed by atoms with van der Waals surface area (Å²) in [6.45, 7) is 8.76. The number of methoxy groups -OCH3 is 1. The predicted molar refractivity (Wildman–Crippen MR) is 143 cm³/mol. The molecule has 0 spiro atoms. The molecule has 1 aromatic heterocycles. The van der Waals surface area contributed by atoms with Crippen LogP contribution in [0.3, 0.4) is 0 Å². The van der Waals surface area contributed by atoms with Gasteiger partial charge in [0.2, 0.25) is 5.91 Å². The van der Waals surface area contributed by atoms with Gasteiger partial charge in [0.1, 0.15) is 6.54 Å². The van der Waals surface area contributed by atoms with Crippen LogP contribution in [-0.4, -0.2) is 24.5 Å². The van der Waals surface area contributed by atoms with Gasteiger partial charge in [0.05, 0.1) is 13.7 Å². The maximum absolute atomic E-state index is 12.3. The molecule has 2 rings (SSSR count). The van der Waals surface area contributed by atoms with Crippen molar-refractivity contribution >= 4 is 5.91 Å². The van der Waals surface area contributed by atoms with Gasteiger partial charge in [0.15, 0.2) is 23.9 Å². The molecule has 0 atom stereocenters.